The van der Waals surface area contributed by atoms with E-state index in [4.69, 9.17) is 9.47 Å². The number of rotatable bonds is 8. The molecule has 0 bridgehead atoms. The van der Waals surface area contributed by atoms with Crippen molar-refractivity contribution >= 4 is 33.3 Å². The molecule has 1 aliphatic heterocycles. The molecule has 3 aromatic rings. The van der Waals surface area contributed by atoms with Crippen molar-refractivity contribution in [2.24, 2.45) is 5.92 Å². The van der Waals surface area contributed by atoms with E-state index in [-0.39, 0.29) is 59.3 Å². The van der Waals surface area contributed by atoms with Gasteiger partial charge in [0.25, 0.3) is 15.9 Å². The largest absolute Gasteiger partial charge is 0.490 e. The number of benzene rings is 3. The summed E-state index contributed by atoms with van der Waals surface area (Å²) in [4.78, 5) is 30.4. The zero-order chi connectivity index (χ0) is 38.2. The van der Waals surface area contributed by atoms with Gasteiger partial charge in [0.1, 0.15) is 5.75 Å². The van der Waals surface area contributed by atoms with Crippen molar-refractivity contribution in [2.45, 2.75) is 76.3 Å². The second-order valence-corrected chi connectivity index (χ2v) is 15.0. The average molecular weight is 749 g/mol. The minimum atomic E-state index is -4.50. The first-order valence-corrected chi connectivity index (χ1v) is 18.6. The molecular formula is C37H47F3N4O7S. The number of nitrogens with zero attached hydrogens (tertiary/aromatic N) is 2. The van der Waals surface area contributed by atoms with Crippen molar-refractivity contribution in [2.75, 3.05) is 43.4 Å². The number of carbonyl (C=O) groups is 2. The van der Waals surface area contributed by atoms with Crippen LogP contribution in [0.1, 0.15) is 61.5 Å². The number of carbonyl (C=O) groups excluding carboxylic acids is 2. The number of fused-ring (bicyclic) bond motifs is 1. The van der Waals surface area contributed by atoms with E-state index in [0.717, 1.165) is 24.1 Å². The number of hydrogen-bond donors (Lipinski definition) is 3. The quantitative estimate of drug-likeness (QED) is 0.231. The fourth-order valence-electron chi connectivity index (χ4n) is 5.69. The number of alkyl halides is 3. The van der Waals surface area contributed by atoms with Crippen molar-refractivity contribution in [3.8, 4) is 5.75 Å². The maximum Gasteiger partial charge on any atom is 0.416 e. The van der Waals surface area contributed by atoms with Crippen LogP contribution in [0.2, 0.25) is 0 Å². The van der Waals surface area contributed by atoms with Gasteiger partial charge in [-0.05, 0) is 94.6 Å². The molecule has 3 amide bonds. The second kappa shape index (κ2) is 17.5. The van der Waals surface area contributed by atoms with Gasteiger partial charge >= 0.3 is 12.2 Å². The molecule has 0 aromatic heterocycles. The van der Waals surface area contributed by atoms with Crippen LogP contribution < -0.4 is 14.8 Å². The molecule has 0 radical (unpaired) electrons. The lowest BCUT2D eigenvalue weighted by Gasteiger charge is -2.35. The molecule has 1 aliphatic rings. The minimum Gasteiger partial charge on any atom is -0.490 e. The Balaban J connectivity index is 1.59. The number of likely N-dealkylation sites (N-methyl/N-ethyl adjacent to an activating group) is 1. The maximum atomic E-state index is 14.4. The number of aryl methyl sites for hydroxylation is 1. The van der Waals surface area contributed by atoms with Crippen LogP contribution in [-0.4, -0.2) is 86.9 Å². The van der Waals surface area contributed by atoms with Crippen LogP contribution in [0.4, 0.5) is 29.3 Å². The average Bonchev–Trinajstić information content (AvgIpc) is 3.09. The summed E-state index contributed by atoms with van der Waals surface area (Å²) in [7, 11) is -2.45. The van der Waals surface area contributed by atoms with E-state index < -0.39 is 45.8 Å². The van der Waals surface area contributed by atoms with Gasteiger partial charge < -0.3 is 29.7 Å². The van der Waals surface area contributed by atoms with Crippen LogP contribution in [0, 0.1) is 12.8 Å². The molecule has 4 atom stereocenters. The van der Waals surface area contributed by atoms with Gasteiger partial charge in [-0.3, -0.25) is 9.52 Å². The summed E-state index contributed by atoms with van der Waals surface area (Å²) < 4.78 is 80.5. The van der Waals surface area contributed by atoms with Crippen LogP contribution in [-0.2, 0) is 20.9 Å². The van der Waals surface area contributed by atoms with Gasteiger partial charge in [0.15, 0.2) is 0 Å². The Morgan fingerprint density at radius 2 is 1.69 bits per heavy atom. The molecule has 3 aromatic carbocycles. The number of hydrogen-bond acceptors (Lipinski definition) is 7. The molecule has 0 unspecified atom stereocenters. The van der Waals surface area contributed by atoms with Crippen LogP contribution in [0.15, 0.2) is 71.6 Å². The van der Waals surface area contributed by atoms with E-state index in [9.17, 15) is 36.3 Å². The van der Waals surface area contributed by atoms with Gasteiger partial charge in [-0.1, -0.05) is 24.6 Å². The van der Waals surface area contributed by atoms with Gasteiger partial charge in [-0.25, -0.2) is 13.2 Å². The molecule has 3 N–H and O–H groups in total. The van der Waals surface area contributed by atoms with Crippen molar-refractivity contribution in [1.29, 1.82) is 0 Å². The molecular weight excluding hydrogens is 701 g/mol. The predicted molar refractivity (Wildman–Crippen MR) is 192 cm³/mol. The molecule has 0 fully saturated rings. The third kappa shape index (κ3) is 10.8. The van der Waals surface area contributed by atoms with Gasteiger partial charge in [0.05, 0.1) is 40.9 Å². The van der Waals surface area contributed by atoms with Crippen LogP contribution in [0.5, 0.6) is 5.75 Å². The summed E-state index contributed by atoms with van der Waals surface area (Å²) in [6, 6.07) is 13.8. The Morgan fingerprint density at radius 3 is 2.33 bits per heavy atom. The number of aliphatic hydroxyl groups is 1. The number of amides is 3. The number of halogens is 3. The van der Waals surface area contributed by atoms with E-state index in [1.807, 2.05) is 20.8 Å². The molecule has 15 heteroatoms. The van der Waals surface area contributed by atoms with Gasteiger partial charge in [0.2, 0.25) is 0 Å². The highest BCUT2D eigenvalue weighted by Gasteiger charge is 2.32. The molecule has 4 rings (SSSR count). The van der Waals surface area contributed by atoms with Gasteiger partial charge in [-0.15, -0.1) is 0 Å². The summed E-state index contributed by atoms with van der Waals surface area (Å²) >= 11 is 0. The predicted octanol–water partition coefficient (Wildman–Crippen LogP) is 6.77. The molecule has 0 aliphatic carbocycles. The summed E-state index contributed by atoms with van der Waals surface area (Å²) in [6.45, 7) is 7.43. The van der Waals surface area contributed by atoms with E-state index in [2.05, 4.69) is 10.0 Å². The molecule has 0 saturated heterocycles. The van der Waals surface area contributed by atoms with Crippen molar-refractivity contribution < 1.29 is 45.8 Å². The summed E-state index contributed by atoms with van der Waals surface area (Å²) in [5.41, 5.74) is 0.506. The third-order valence-electron chi connectivity index (χ3n) is 8.90. The standard InChI is InChI=1S/C37H47F3N4O7S/c1-24-9-16-31(17-10-24)52(48,49)42-30-15-18-33-32(20-30)35(46)44(26(3)23-45)21-25(2)34(50-19-7-6-8-27(4)51-33)22-43(5)36(47)41-29-13-11-28(12-14-29)37(38,39)40/h9-18,20,25-27,34,42,45H,6-8,19,21-23H2,1-5H3,(H,41,47)/t25-,26+,27+,34-/m1/s1. The highest BCUT2D eigenvalue weighted by atomic mass is 32.2. The molecule has 0 saturated carbocycles. The zero-order valence-corrected chi connectivity index (χ0v) is 30.8. The first-order chi connectivity index (χ1) is 24.5. The van der Waals surface area contributed by atoms with Crippen LogP contribution >= 0.6 is 0 Å². The Labute approximate surface area is 303 Å². The van der Waals surface area contributed by atoms with Gasteiger partial charge in [-0.2, -0.15) is 13.2 Å². The molecule has 1 heterocycles. The Hall–Kier alpha value is -4.34. The van der Waals surface area contributed by atoms with Crippen LogP contribution in [0.3, 0.4) is 0 Å². The highest BCUT2D eigenvalue weighted by molar-refractivity contribution is 7.92. The zero-order valence-electron chi connectivity index (χ0n) is 29.9. The minimum absolute atomic E-state index is 0.0581. The lowest BCUT2D eigenvalue weighted by Crippen LogP contribution is -2.48. The number of urea groups is 1. The number of aliphatic hydroxyl groups excluding tert-OH is 1. The first-order valence-electron chi connectivity index (χ1n) is 17.1. The lowest BCUT2D eigenvalue weighted by atomic mass is 10.0. The molecule has 11 nitrogen and oxygen atoms in total. The SMILES string of the molecule is Cc1ccc(S(=O)(=O)Nc2ccc3c(c2)C(=O)N([C@@H](C)CO)C[C@@H](C)[C@@H](CN(C)C(=O)Nc2ccc(C(F)(F)F)cc2)OCCCC[C@H](C)O3)cc1. The number of ether oxygens (including phenoxy) is 2. The first kappa shape index (κ1) is 40.4. The fourth-order valence-corrected chi connectivity index (χ4v) is 6.74. The summed E-state index contributed by atoms with van der Waals surface area (Å²) in [6.07, 6.45) is -3.34. The van der Waals surface area contributed by atoms with Crippen molar-refractivity contribution in [3.63, 3.8) is 0 Å². The normalized spacial score (nSPS) is 19.8. The highest BCUT2D eigenvalue weighted by Crippen LogP contribution is 2.31. The molecule has 0 spiro atoms. The third-order valence-corrected chi connectivity index (χ3v) is 10.3. The Kier molecular flexibility index (Phi) is 13.6. The van der Waals surface area contributed by atoms with Crippen molar-refractivity contribution in [1.82, 2.24) is 9.80 Å². The number of sulfonamides is 1. The smallest absolute Gasteiger partial charge is 0.416 e. The summed E-state index contributed by atoms with van der Waals surface area (Å²) in [5.74, 6) is -0.618. The van der Waals surface area contributed by atoms with Crippen molar-refractivity contribution in [3.05, 3.63) is 83.4 Å². The van der Waals surface area contributed by atoms with E-state index in [1.54, 1.807) is 25.1 Å². The number of anilines is 2. The van der Waals surface area contributed by atoms with E-state index in [0.29, 0.717) is 19.4 Å². The van der Waals surface area contributed by atoms with Gasteiger partial charge in [0, 0.05) is 44.0 Å². The molecule has 284 valence electrons. The fraction of sp³-hybridized carbons (Fsp3) is 0.459. The number of nitrogens with one attached hydrogen (secondary N) is 2. The lowest BCUT2D eigenvalue weighted by molar-refractivity contribution is -0.137. The Bertz CT molecular complexity index is 1770. The van der Waals surface area contributed by atoms with Crippen LogP contribution in [0.25, 0.3) is 0 Å². The monoisotopic (exact) mass is 748 g/mol. The Morgan fingerprint density at radius 1 is 1.04 bits per heavy atom. The van der Waals surface area contributed by atoms with E-state index >= 15 is 0 Å². The molecule has 52 heavy (non-hydrogen) atoms. The maximum absolute atomic E-state index is 14.4. The second-order valence-electron chi connectivity index (χ2n) is 13.3. The topological polar surface area (TPSA) is 138 Å². The van der Waals surface area contributed by atoms with E-state index in [1.165, 1.54) is 53.2 Å². The summed E-state index contributed by atoms with van der Waals surface area (Å²) in [5, 5.41) is 12.8.